The van der Waals surface area contributed by atoms with Crippen LogP contribution in [0, 0.1) is 0 Å². The summed E-state index contributed by atoms with van der Waals surface area (Å²) in [5.41, 5.74) is -1.23. The molecule has 1 amide bonds. The predicted octanol–water partition coefficient (Wildman–Crippen LogP) is 1.83. The van der Waals surface area contributed by atoms with Crippen molar-refractivity contribution in [2.24, 2.45) is 0 Å². The molecule has 6 nitrogen and oxygen atoms in total. The molecule has 0 spiro atoms. The molecule has 0 aromatic carbocycles. The maximum atomic E-state index is 11.9. The van der Waals surface area contributed by atoms with Gasteiger partial charge in [-0.1, -0.05) is 6.07 Å². The summed E-state index contributed by atoms with van der Waals surface area (Å²) >= 11 is 2.90. The molecule has 0 aliphatic rings. The van der Waals surface area contributed by atoms with E-state index in [2.05, 4.69) is 10.3 Å². The average Bonchev–Trinajstić information content (AvgIpc) is 3.04. The maximum absolute atomic E-state index is 11.9. The van der Waals surface area contributed by atoms with Crippen molar-refractivity contribution in [2.45, 2.75) is 18.9 Å². The number of rotatable bonds is 6. The van der Waals surface area contributed by atoms with Crippen LogP contribution in [0.2, 0.25) is 0 Å². The number of nitrogens with one attached hydrogen (secondary N) is 1. The minimum atomic E-state index is -1.49. The van der Waals surface area contributed by atoms with Crippen LogP contribution in [-0.2, 0) is 4.79 Å². The molecule has 21 heavy (non-hydrogen) atoms. The lowest BCUT2D eigenvalue weighted by Crippen LogP contribution is -2.42. The van der Waals surface area contributed by atoms with E-state index in [1.165, 1.54) is 29.6 Å². The van der Waals surface area contributed by atoms with Crippen LogP contribution in [0.25, 0.3) is 9.88 Å². The van der Waals surface area contributed by atoms with E-state index in [9.17, 15) is 14.7 Å². The molecular formula is C13H14N2O4S2. The third kappa shape index (κ3) is 4.35. The normalized spacial score (nSPS) is 13.6. The Balaban J connectivity index is 1.97. The molecular weight excluding hydrogens is 312 g/mol. The van der Waals surface area contributed by atoms with Crippen molar-refractivity contribution in [1.82, 2.24) is 10.3 Å². The first-order valence-electron chi connectivity index (χ1n) is 6.09. The monoisotopic (exact) mass is 326 g/mol. The smallest absolute Gasteiger partial charge is 0.306 e. The number of hydrogen-bond acceptors (Lipinski definition) is 6. The number of aromatic nitrogens is 1. The van der Waals surface area contributed by atoms with Crippen molar-refractivity contribution in [3.63, 3.8) is 0 Å². The molecule has 0 aliphatic heterocycles. The number of carboxylic acids is 1. The van der Waals surface area contributed by atoms with E-state index >= 15 is 0 Å². The molecule has 2 heterocycles. The first-order chi connectivity index (χ1) is 9.87. The van der Waals surface area contributed by atoms with Crippen LogP contribution >= 0.6 is 22.7 Å². The van der Waals surface area contributed by atoms with Gasteiger partial charge < -0.3 is 15.5 Å². The quantitative estimate of drug-likeness (QED) is 0.752. The Hall–Kier alpha value is -1.77. The lowest BCUT2D eigenvalue weighted by atomic mass is 10.0. The zero-order valence-corrected chi connectivity index (χ0v) is 12.8. The highest BCUT2D eigenvalue weighted by atomic mass is 32.1. The topological polar surface area (TPSA) is 99.5 Å². The number of carboxylic acid groups (broad SMARTS) is 1. The summed E-state index contributed by atoms with van der Waals surface area (Å²) in [6.45, 7) is 1.21. The van der Waals surface area contributed by atoms with Gasteiger partial charge in [0.2, 0.25) is 0 Å². The van der Waals surface area contributed by atoms with Gasteiger partial charge in [0.15, 0.2) is 0 Å². The second-order valence-corrected chi connectivity index (χ2v) is 6.57. The van der Waals surface area contributed by atoms with Gasteiger partial charge in [-0.15, -0.1) is 22.7 Å². The molecule has 0 aliphatic carbocycles. The van der Waals surface area contributed by atoms with Gasteiger partial charge in [-0.05, 0) is 18.4 Å². The minimum Gasteiger partial charge on any atom is -0.481 e. The van der Waals surface area contributed by atoms with Crippen molar-refractivity contribution in [3.8, 4) is 9.88 Å². The van der Waals surface area contributed by atoms with Crippen LogP contribution < -0.4 is 5.32 Å². The first-order valence-corrected chi connectivity index (χ1v) is 7.85. The zero-order chi connectivity index (χ0) is 15.5. The summed E-state index contributed by atoms with van der Waals surface area (Å²) in [4.78, 5) is 27.7. The Morgan fingerprint density at radius 2 is 2.19 bits per heavy atom. The number of carbonyl (C=O) groups excluding carboxylic acids is 1. The lowest BCUT2D eigenvalue weighted by molar-refractivity contribution is -0.141. The Morgan fingerprint density at radius 1 is 1.43 bits per heavy atom. The number of aliphatic carboxylic acids is 1. The summed E-state index contributed by atoms with van der Waals surface area (Å²) in [5.74, 6) is -1.55. The Labute approximate surface area is 129 Å². The van der Waals surface area contributed by atoms with Gasteiger partial charge in [-0.2, -0.15) is 0 Å². The summed E-state index contributed by atoms with van der Waals surface area (Å²) in [5, 5.41) is 25.3. The minimum absolute atomic E-state index is 0.149. The average molecular weight is 326 g/mol. The van der Waals surface area contributed by atoms with E-state index < -0.39 is 23.9 Å². The van der Waals surface area contributed by atoms with Crippen LogP contribution in [0.4, 0.5) is 0 Å². The molecule has 1 atom stereocenters. The molecule has 8 heteroatoms. The van der Waals surface area contributed by atoms with Gasteiger partial charge in [-0.3, -0.25) is 9.59 Å². The summed E-state index contributed by atoms with van der Waals surface area (Å²) in [6.07, 6.45) is -0.440. The van der Waals surface area contributed by atoms with E-state index in [1.54, 1.807) is 5.38 Å². The van der Waals surface area contributed by atoms with E-state index in [0.717, 1.165) is 9.88 Å². The fourth-order valence-electron chi connectivity index (χ4n) is 1.64. The largest absolute Gasteiger partial charge is 0.481 e. The number of amides is 1. The Kier molecular flexibility index (Phi) is 4.71. The van der Waals surface area contributed by atoms with E-state index in [-0.39, 0.29) is 12.2 Å². The molecule has 0 saturated carbocycles. The van der Waals surface area contributed by atoms with Gasteiger partial charge in [-0.25, -0.2) is 4.98 Å². The highest BCUT2D eigenvalue weighted by Crippen LogP contribution is 2.27. The van der Waals surface area contributed by atoms with Gasteiger partial charge in [0.25, 0.3) is 5.91 Å². The van der Waals surface area contributed by atoms with Crippen molar-refractivity contribution >= 4 is 34.6 Å². The fraction of sp³-hybridized carbons (Fsp3) is 0.308. The molecule has 0 fully saturated rings. The van der Waals surface area contributed by atoms with Crippen molar-refractivity contribution in [1.29, 1.82) is 0 Å². The van der Waals surface area contributed by atoms with Crippen LogP contribution in [0.5, 0.6) is 0 Å². The second-order valence-electron chi connectivity index (χ2n) is 4.77. The SMILES string of the molecule is CC(O)(CNC(=O)c1csc(-c2cccs2)n1)CC(=O)O. The van der Waals surface area contributed by atoms with Crippen LogP contribution in [0.3, 0.4) is 0 Å². The number of carbonyl (C=O) groups is 2. The first kappa shape index (κ1) is 15.6. The number of thiophene rings is 1. The molecule has 1 unspecified atom stereocenters. The number of aliphatic hydroxyl groups is 1. The zero-order valence-electron chi connectivity index (χ0n) is 11.2. The third-order valence-electron chi connectivity index (χ3n) is 2.63. The maximum Gasteiger partial charge on any atom is 0.306 e. The summed E-state index contributed by atoms with van der Waals surface area (Å²) in [6, 6.07) is 3.83. The molecule has 0 saturated heterocycles. The molecule has 2 aromatic heterocycles. The van der Waals surface area contributed by atoms with E-state index in [1.807, 2.05) is 17.5 Å². The molecule has 0 bridgehead atoms. The third-order valence-corrected chi connectivity index (χ3v) is 4.51. The lowest BCUT2D eigenvalue weighted by Gasteiger charge is -2.21. The van der Waals surface area contributed by atoms with Crippen LogP contribution in [0.1, 0.15) is 23.8 Å². The van der Waals surface area contributed by atoms with Crippen LogP contribution in [-0.4, -0.2) is 39.2 Å². The van der Waals surface area contributed by atoms with E-state index in [4.69, 9.17) is 5.11 Å². The van der Waals surface area contributed by atoms with Gasteiger partial charge in [0.1, 0.15) is 10.7 Å². The number of thiazole rings is 1. The summed E-state index contributed by atoms with van der Waals surface area (Å²) in [7, 11) is 0. The van der Waals surface area contributed by atoms with Crippen molar-refractivity contribution in [2.75, 3.05) is 6.54 Å². The highest BCUT2D eigenvalue weighted by Gasteiger charge is 2.25. The van der Waals surface area contributed by atoms with Crippen molar-refractivity contribution < 1.29 is 19.8 Å². The predicted molar refractivity (Wildman–Crippen MR) is 80.6 cm³/mol. The fourth-order valence-corrected chi connectivity index (χ4v) is 3.26. The Bertz CT molecular complexity index is 634. The van der Waals surface area contributed by atoms with Gasteiger partial charge in [0.05, 0.1) is 16.9 Å². The molecule has 3 N–H and O–H groups in total. The highest BCUT2D eigenvalue weighted by molar-refractivity contribution is 7.20. The van der Waals surface area contributed by atoms with Crippen LogP contribution in [0.15, 0.2) is 22.9 Å². The van der Waals surface area contributed by atoms with E-state index in [0.29, 0.717) is 0 Å². The number of hydrogen-bond donors (Lipinski definition) is 3. The molecule has 2 aromatic rings. The second kappa shape index (κ2) is 6.33. The number of nitrogens with zero attached hydrogens (tertiary/aromatic N) is 1. The molecule has 2 rings (SSSR count). The molecule has 112 valence electrons. The van der Waals surface area contributed by atoms with Crippen molar-refractivity contribution in [3.05, 3.63) is 28.6 Å². The van der Waals surface area contributed by atoms with Gasteiger partial charge in [0, 0.05) is 11.9 Å². The molecule has 0 radical (unpaired) electrons. The summed E-state index contributed by atoms with van der Waals surface area (Å²) < 4.78 is 0. The van der Waals surface area contributed by atoms with Gasteiger partial charge >= 0.3 is 5.97 Å². The Morgan fingerprint density at radius 3 is 2.81 bits per heavy atom. The standard InChI is InChI=1S/C13H14N2O4S2/c1-13(19,5-10(16)17)7-14-11(18)8-6-21-12(15-8)9-3-2-4-20-9/h2-4,6,19H,5,7H2,1H3,(H,14,18)(H,16,17).